The second kappa shape index (κ2) is 11.0. The lowest BCUT2D eigenvalue weighted by Gasteiger charge is -2.33. The van der Waals surface area contributed by atoms with E-state index in [2.05, 4.69) is 62.1 Å². The number of aliphatic imine (C=N–C) groups is 1. The third-order valence-corrected chi connectivity index (χ3v) is 4.78. The van der Waals surface area contributed by atoms with Crippen molar-refractivity contribution >= 4 is 5.96 Å². The van der Waals surface area contributed by atoms with Crippen molar-refractivity contribution in [3.8, 4) is 0 Å². The van der Waals surface area contributed by atoms with Crippen LogP contribution < -0.4 is 10.6 Å². The summed E-state index contributed by atoms with van der Waals surface area (Å²) in [6.07, 6.45) is 0.152. The van der Waals surface area contributed by atoms with Gasteiger partial charge in [0.05, 0.1) is 6.10 Å². The summed E-state index contributed by atoms with van der Waals surface area (Å²) in [5, 5.41) is 6.78. The molecule has 0 aliphatic carbocycles. The smallest absolute Gasteiger partial charge is 0.191 e. The lowest BCUT2D eigenvalue weighted by atomic mass is 9.89. The van der Waals surface area contributed by atoms with Gasteiger partial charge in [0.25, 0.3) is 0 Å². The number of guanidine groups is 1. The van der Waals surface area contributed by atoms with Crippen LogP contribution in [0.2, 0.25) is 0 Å². The molecule has 0 saturated carbocycles. The molecular formula is C19H41N5O. The van der Waals surface area contributed by atoms with Gasteiger partial charge in [0.15, 0.2) is 5.96 Å². The molecule has 0 aromatic carbocycles. The van der Waals surface area contributed by atoms with E-state index in [0.29, 0.717) is 5.92 Å². The first-order valence-corrected chi connectivity index (χ1v) is 9.72. The summed E-state index contributed by atoms with van der Waals surface area (Å²) in [6.45, 7) is 19.3. The number of nitrogens with one attached hydrogen (secondary N) is 2. The zero-order valence-electron chi connectivity index (χ0n) is 17.6. The van der Waals surface area contributed by atoms with Crippen LogP contribution in [0.25, 0.3) is 0 Å². The molecule has 2 atom stereocenters. The van der Waals surface area contributed by atoms with Gasteiger partial charge in [-0.3, -0.25) is 4.99 Å². The molecule has 0 spiro atoms. The SMILES string of the molecule is CCNC(=NCC(C)CN1CCN(C)CC1)NCC(OC)C(C)(C)C. The van der Waals surface area contributed by atoms with E-state index in [1.165, 1.54) is 26.2 Å². The highest BCUT2D eigenvalue weighted by atomic mass is 16.5. The predicted octanol–water partition coefficient (Wildman–Crippen LogP) is 1.49. The summed E-state index contributed by atoms with van der Waals surface area (Å²) < 4.78 is 5.62. The minimum absolute atomic E-state index is 0.105. The van der Waals surface area contributed by atoms with Crippen LogP contribution in [-0.4, -0.2) is 88.4 Å². The standard InChI is InChI=1S/C19H41N5O/c1-8-20-18(22-14-17(25-7)19(3,4)5)21-13-16(2)15-24-11-9-23(6)10-12-24/h16-17H,8-15H2,1-7H3,(H2,20,21,22). The highest BCUT2D eigenvalue weighted by molar-refractivity contribution is 5.79. The van der Waals surface area contributed by atoms with Gasteiger partial charge in [0.1, 0.15) is 0 Å². The maximum atomic E-state index is 5.62. The Bertz CT molecular complexity index is 386. The van der Waals surface area contributed by atoms with Crippen molar-refractivity contribution in [2.45, 2.75) is 40.7 Å². The van der Waals surface area contributed by atoms with Gasteiger partial charge >= 0.3 is 0 Å². The first-order chi connectivity index (χ1) is 11.8. The maximum Gasteiger partial charge on any atom is 0.191 e. The third-order valence-electron chi connectivity index (χ3n) is 4.78. The molecule has 1 heterocycles. The Morgan fingerprint density at radius 3 is 2.32 bits per heavy atom. The van der Waals surface area contributed by atoms with Crippen LogP contribution in [0.4, 0.5) is 0 Å². The van der Waals surface area contributed by atoms with Gasteiger partial charge in [-0.25, -0.2) is 0 Å². The van der Waals surface area contributed by atoms with Crippen molar-refractivity contribution in [1.82, 2.24) is 20.4 Å². The van der Waals surface area contributed by atoms with Crippen LogP contribution in [0.5, 0.6) is 0 Å². The van der Waals surface area contributed by atoms with E-state index in [1.807, 2.05) is 0 Å². The normalized spacial score (nSPS) is 20.4. The van der Waals surface area contributed by atoms with E-state index in [1.54, 1.807) is 7.11 Å². The molecule has 6 nitrogen and oxygen atoms in total. The molecule has 1 fully saturated rings. The lowest BCUT2D eigenvalue weighted by molar-refractivity contribution is 0.0205. The van der Waals surface area contributed by atoms with E-state index in [9.17, 15) is 0 Å². The predicted molar refractivity (Wildman–Crippen MR) is 107 cm³/mol. The molecule has 1 aliphatic rings. The molecule has 6 heteroatoms. The average molecular weight is 356 g/mol. The van der Waals surface area contributed by atoms with E-state index in [0.717, 1.165) is 32.1 Å². The molecule has 1 rings (SSSR count). The molecule has 25 heavy (non-hydrogen) atoms. The van der Waals surface area contributed by atoms with Gasteiger partial charge in [-0.2, -0.15) is 0 Å². The van der Waals surface area contributed by atoms with Gasteiger partial charge in [-0.15, -0.1) is 0 Å². The van der Waals surface area contributed by atoms with E-state index in [-0.39, 0.29) is 11.5 Å². The van der Waals surface area contributed by atoms with Crippen LogP contribution in [0.3, 0.4) is 0 Å². The fourth-order valence-electron chi connectivity index (χ4n) is 3.05. The van der Waals surface area contributed by atoms with Crippen LogP contribution in [0.15, 0.2) is 4.99 Å². The van der Waals surface area contributed by atoms with Crippen molar-refractivity contribution in [3.05, 3.63) is 0 Å². The van der Waals surface area contributed by atoms with Gasteiger partial charge < -0.3 is 25.2 Å². The number of likely N-dealkylation sites (N-methyl/N-ethyl adjacent to an activating group) is 1. The summed E-state index contributed by atoms with van der Waals surface area (Å²) in [6, 6.07) is 0. The summed E-state index contributed by atoms with van der Waals surface area (Å²) in [4.78, 5) is 9.74. The first kappa shape index (κ1) is 22.2. The molecule has 0 aromatic rings. The monoisotopic (exact) mass is 355 g/mol. The molecule has 0 aromatic heterocycles. The summed E-state index contributed by atoms with van der Waals surface area (Å²) >= 11 is 0. The molecule has 0 bridgehead atoms. The van der Waals surface area contributed by atoms with E-state index < -0.39 is 0 Å². The quantitative estimate of drug-likeness (QED) is 0.510. The lowest BCUT2D eigenvalue weighted by Crippen LogP contribution is -2.46. The van der Waals surface area contributed by atoms with Crippen LogP contribution in [0.1, 0.15) is 34.6 Å². The van der Waals surface area contributed by atoms with Gasteiger partial charge in [-0.1, -0.05) is 27.7 Å². The Labute approximate surface area is 155 Å². The van der Waals surface area contributed by atoms with Gasteiger partial charge in [-0.05, 0) is 25.3 Å². The zero-order valence-corrected chi connectivity index (χ0v) is 17.6. The van der Waals surface area contributed by atoms with Gasteiger partial charge in [0, 0.05) is 59.5 Å². The van der Waals surface area contributed by atoms with Gasteiger partial charge in [0.2, 0.25) is 0 Å². The minimum Gasteiger partial charge on any atom is -0.379 e. The summed E-state index contributed by atoms with van der Waals surface area (Å²) in [7, 11) is 3.98. The van der Waals surface area contributed by atoms with E-state index in [4.69, 9.17) is 9.73 Å². The van der Waals surface area contributed by atoms with E-state index >= 15 is 0 Å². The number of ether oxygens (including phenoxy) is 1. The first-order valence-electron chi connectivity index (χ1n) is 9.72. The summed E-state index contributed by atoms with van der Waals surface area (Å²) in [5.74, 6) is 1.44. The molecule has 1 saturated heterocycles. The van der Waals surface area contributed by atoms with Crippen molar-refractivity contribution in [2.24, 2.45) is 16.3 Å². The number of hydrogen-bond acceptors (Lipinski definition) is 4. The highest BCUT2D eigenvalue weighted by Gasteiger charge is 2.24. The number of nitrogens with zero attached hydrogens (tertiary/aromatic N) is 3. The number of piperazine rings is 1. The van der Waals surface area contributed by atoms with Crippen molar-refractivity contribution in [2.75, 3.05) is 66.5 Å². The van der Waals surface area contributed by atoms with Crippen LogP contribution in [0, 0.1) is 11.3 Å². The fraction of sp³-hybridized carbons (Fsp3) is 0.947. The minimum atomic E-state index is 0.105. The second-order valence-corrected chi connectivity index (χ2v) is 8.40. The van der Waals surface area contributed by atoms with Crippen LogP contribution >= 0.6 is 0 Å². The third kappa shape index (κ3) is 8.88. The Kier molecular flexibility index (Phi) is 9.75. The molecule has 0 radical (unpaired) electrons. The average Bonchev–Trinajstić information content (AvgIpc) is 2.54. The highest BCUT2D eigenvalue weighted by Crippen LogP contribution is 2.20. The number of hydrogen-bond donors (Lipinski definition) is 2. The molecular weight excluding hydrogens is 314 g/mol. The van der Waals surface area contributed by atoms with Crippen molar-refractivity contribution in [3.63, 3.8) is 0 Å². The Morgan fingerprint density at radius 2 is 1.80 bits per heavy atom. The topological polar surface area (TPSA) is 52.1 Å². The largest absolute Gasteiger partial charge is 0.379 e. The maximum absolute atomic E-state index is 5.62. The molecule has 2 unspecified atom stereocenters. The Morgan fingerprint density at radius 1 is 1.16 bits per heavy atom. The molecule has 1 aliphatic heterocycles. The number of rotatable bonds is 8. The van der Waals surface area contributed by atoms with Crippen molar-refractivity contribution < 1.29 is 4.74 Å². The Hall–Kier alpha value is -0.850. The fourth-order valence-corrected chi connectivity index (χ4v) is 3.05. The zero-order chi connectivity index (χ0) is 18.9. The molecule has 148 valence electrons. The summed E-state index contributed by atoms with van der Waals surface area (Å²) in [5.41, 5.74) is 0.105. The van der Waals surface area contributed by atoms with Crippen molar-refractivity contribution in [1.29, 1.82) is 0 Å². The molecule has 0 amide bonds. The second-order valence-electron chi connectivity index (χ2n) is 8.40. The number of methoxy groups -OCH3 is 1. The molecule has 2 N–H and O–H groups in total. The Balaban J connectivity index is 2.45. The van der Waals surface area contributed by atoms with Crippen LogP contribution in [-0.2, 0) is 4.74 Å².